The lowest BCUT2D eigenvalue weighted by molar-refractivity contribution is 0.291. The number of aryl methyl sites for hydroxylation is 1. The van der Waals surface area contributed by atoms with E-state index in [9.17, 15) is 0 Å². The first kappa shape index (κ1) is 17.7. The van der Waals surface area contributed by atoms with Crippen molar-refractivity contribution < 1.29 is 0 Å². The summed E-state index contributed by atoms with van der Waals surface area (Å²) in [5.41, 5.74) is 2.63. The summed E-state index contributed by atoms with van der Waals surface area (Å²) in [4.78, 5) is 6.97. The standard InChI is InChI=1S/C12H22N4.2ClH/c1-3-15(4-2)9-11-12-8-13-6-5-7-16(12)10-14-11;;/h10,13H,3-9H2,1-2H3;2*1H. The Kier molecular flexibility index (Phi) is 8.61. The fourth-order valence-corrected chi connectivity index (χ4v) is 2.22. The summed E-state index contributed by atoms with van der Waals surface area (Å²) in [7, 11) is 0. The zero-order valence-corrected chi connectivity index (χ0v) is 12.8. The van der Waals surface area contributed by atoms with Crippen molar-refractivity contribution in [2.45, 2.75) is 39.9 Å². The topological polar surface area (TPSA) is 33.1 Å². The van der Waals surface area contributed by atoms with Crippen LogP contribution in [-0.4, -0.2) is 34.1 Å². The third-order valence-corrected chi connectivity index (χ3v) is 3.35. The molecule has 4 nitrogen and oxygen atoms in total. The number of halogens is 2. The van der Waals surface area contributed by atoms with Crippen molar-refractivity contribution in [1.29, 1.82) is 0 Å². The van der Waals surface area contributed by atoms with Gasteiger partial charge in [0.15, 0.2) is 0 Å². The minimum atomic E-state index is 0. The molecule has 1 aromatic heterocycles. The molecule has 0 fully saturated rings. The van der Waals surface area contributed by atoms with Crippen LogP contribution in [0.3, 0.4) is 0 Å². The first-order valence-corrected chi connectivity index (χ1v) is 6.31. The van der Waals surface area contributed by atoms with Crippen molar-refractivity contribution in [3.63, 3.8) is 0 Å². The second-order valence-corrected chi connectivity index (χ2v) is 4.32. The molecule has 0 unspecified atom stereocenters. The highest BCUT2D eigenvalue weighted by Gasteiger charge is 2.14. The Labute approximate surface area is 122 Å². The summed E-state index contributed by atoms with van der Waals surface area (Å²) in [5.74, 6) is 0. The lowest BCUT2D eigenvalue weighted by atomic mass is 10.3. The minimum absolute atomic E-state index is 0. The Hall–Kier alpha value is -0.290. The number of rotatable bonds is 4. The molecule has 6 heteroatoms. The molecule has 0 aromatic carbocycles. The van der Waals surface area contributed by atoms with Crippen LogP contribution < -0.4 is 5.32 Å². The maximum Gasteiger partial charge on any atom is 0.0952 e. The first-order chi connectivity index (χ1) is 7.85. The van der Waals surface area contributed by atoms with E-state index in [-0.39, 0.29) is 24.8 Å². The van der Waals surface area contributed by atoms with E-state index < -0.39 is 0 Å². The lowest BCUT2D eigenvalue weighted by Crippen LogP contribution is -2.24. The summed E-state index contributed by atoms with van der Waals surface area (Å²) in [5, 5.41) is 3.46. The molecule has 2 heterocycles. The molecule has 1 N–H and O–H groups in total. The molecule has 0 aliphatic carbocycles. The van der Waals surface area contributed by atoms with Gasteiger partial charge in [-0.1, -0.05) is 13.8 Å². The molecule has 106 valence electrons. The van der Waals surface area contributed by atoms with Crippen LogP contribution in [0.25, 0.3) is 0 Å². The second-order valence-electron chi connectivity index (χ2n) is 4.32. The summed E-state index contributed by atoms with van der Waals surface area (Å²) in [6, 6.07) is 0. The molecule has 1 aromatic rings. The maximum absolute atomic E-state index is 4.56. The van der Waals surface area contributed by atoms with Gasteiger partial charge in [-0.15, -0.1) is 24.8 Å². The predicted molar refractivity (Wildman–Crippen MR) is 79.7 cm³/mol. The van der Waals surface area contributed by atoms with E-state index in [1.807, 2.05) is 6.33 Å². The molecule has 1 aliphatic rings. The van der Waals surface area contributed by atoms with Crippen LogP contribution in [0.2, 0.25) is 0 Å². The van der Waals surface area contributed by atoms with Gasteiger partial charge in [-0.25, -0.2) is 4.98 Å². The smallest absolute Gasteiger partial charge is 0.0952 e. The van der Waals surface area contributed by atoms with Gasteiger partial charge in [0.2, 0.25) is 0 Å². The highest BCUT2D eigenvalue weighted by Crippen LogP contribution is 2.13. The van der Waals surface area contributed by atoms with Gasteiger partial charge in [0.1, 0.15) is 0 Å². The Balaban J connectivity index is 0.00000144. The summed E-state index contributed by atoms with van der Waals surface area (Å²) < 4.78 is 2.30. The fraction of sp³-hybridized carbons (Fsp3) is 0.750. The van der Waals surface area contributed by atoms with Gasteiger partial charge in [0, 0.05) is 19.6 Å². The average Bonchev–Trinajstić information content (AvgIpc) is 2.54. The molecule has 0 saturated heterocycles. The number of nitrogens with zero attached hydrogens (tertiary/aromatic N) is 3. The van der Waals surface area contributed by atoms with Gasteiger partial charge >= 0.3 is 0 Å². The van der Waals surface area contributed by atoms with Crippen molar-refractivity contribution in [3.8, 4) is 0 Å². The number of hydrogen-bond acceptors (Lipinski definition) is 3. The Bertz CT molecular complexity index is 337. The van der Waals surface area contributed by atoms with Gasteiger partial charge in [-0.3, -0.25) is 4.90 Å². The first-order valence-electron chi connectivity index (χ1n) is 6.31. The summed E-state index contributed by atoms with van der Waals surface area (Å²) in [6.45, 7) is 10.8. The van der Waals surface area contributed by atoms with E-state index in [1.165, 1.54) is 17.8 Å². The van der Waals surface area contributed by atoms with Gasteiger partial charge in [0.25, 0.3) is 0 Å². The van der Waals surface area contributed by atoms with E-state index in [2.05, 4.69) is 33.6 Å². The highest BCUT2D eigenvalue weighted by molar-refractivity contribution is 5.85. The Morgan fingerprint density at radius 1 is 1.33 bits per heavy atom. The van der Waals surface area contributed by atoms with Crippen LogP contribution in [-0.2, 0) is 19.6 Å². The number of nitrogens with one attached hydrogen (secondary N) is 1. The zero-order valence-electron chi connectivity index (χ0n) is 11.2. The maximum atomic E-state index is 4.56. The van der Waals surface area contributed by atoms with E-state index >= 15 is 0 Å². The summed E-state index contributed by atoms with van der Waals surface area (Å²) >= 11 is 0. The molecule has 0 saturated carbocycles. The van der Waals surface area contributed by atoms with Crippen LogP contribution in [0, 0.1) is 0 Å². The number of imidazole rings is 1. The zero-order chi connectivity index (χ0) is 11.4. The van der Waals surface area contributed by atoms with Crippen molar-refractivity contribution in [3.05, 3.63) is 17.7 Å². The third kappa shape index (κ3) is 4.12. The molecular weight excluding hydrogens is 271 g/mol. The van der Waals surface area contributed by atoms with E-state index in [4.69, 9.17) is 0 Å². The lowest BCUT2D eigenvalue weighted by Gasteiger charge is -2.17. The Morgan fingerprint density at radius 3 is 2.72 bits per heavy atom. The average molecular weight is 295 g/mol. The van der Waals surface area contributed by atoms with Gasteiger partial charge in [0.05, 0.1) is 17.7 Å². The quantitative estimate of drug-likeness (QED) is 0.923. The molecule has 0 atom stereocenters. The SMILES string of the molecule is CCN(CC)Cc1ncn2c1CNCCC2.Cl.Cl. The van der Waals surface area contributed by atoms with Crippen LogP contribution in [0.1, 0.15) is 31.7 Å². The molecular formula is C12H24Cl2N4. The van der Waals surface area contributed by atoms with Crippen LogP contribution in [0.4, 0.5) is 0 Å². The van der Waals surface area contributed by atoms with Crippen LogP contribution >= 0.6 is 24.8 Å². The second kappa shape index (κ2) is 8.75. The van der Waals surface area contributed by atoms with E-state index in [0.29, 0.717) is 0 Å². The molecule has 2 rings (SSSR count). The predicted octanol–water partition coefficient (Wildman–Crippen LogP) is 2.06. The highest BCUT2D eigenvalue weighted by atomic mass is 35.5. The monoisotopic (exact) mass is 294 g/mol. The van der Waals surface area contributed by atoms with Crippen molar-refractivity contribution in [2.75, 3.05) is 19.6 Å². The molecule has 0 amide bonds. The molecule has 18 heavy (non-hydrogen) atoms. The van der Waals surface area contributed by atoms with Crippen molar-refractivity contribution in [2.24, 2.45) is 0 Å². The van der Waals surface area contributed by atoms with E-state index in [0.717, 1.165) is 39.3 Å². The summed E-state index contributed by atoms with van der Waals surface area (Å²) in [6.07, 6.45) is 3.20. The van der Waals surface area contributed by atoms with Crippen molar-refractivity contribution in [1.82, 2.24) is 19.8 Å². The van der Waals surface area contributed by atoms with Crippen LogP contribution in [0.5, 0.6) is 0 Å². The van der Waals surface area contributed by atoms with Gasteiger partial charge < -0.3 is 9.88 Å². The fourth-order valence-electron chi connectivity index (χ4n) is 2.22. The molecule has 1 aliphatic heterocycles. The van der Waals surface area contributed by atoms with E-state index in [1.54, 1.807) is 0 Å². The molecule has 0 radical (unpaired) electrons. The van der Waals surface area contributed by atoms with Crippen molar-refractivity contribution >= 4 is 24.8 Å². The molecule has 0 spiro atoms. The Morgan fingerprint density at radius 2 is 2.06 bits per heavy atom. The van der Waals surface area contributed by atoms with Crippen LogP contribution in [0.15, 0.2) is 6.33 Å². The van der Waals surface area contributed by atoms with Gasteiger partial charge in [-0.05, 0) is 26.1 Å². The normalized spacial score (nSPS) is 14.4. The number of aromatic nitrogens is 2. The largest absolute Gasteiger partial charge is 0.333 e. The number of fused-ring (bicyclic) bond motifs is 1. The van der Waals surface area contributed by atoms with Gasteiger partial charge in [-0.2, -0.15) is 0 Å². The third-order valence-electron chi connectivity index (χ3n) is 3.35. The minimum Gasteiger partial charge on any atom is -0.333 e. The molecule has 0 bridgehead atoms. The number of hydrogen-bond donors (Lipinski definition) is 1.